The van der Waals surface area contributed by atoms with Crippen molar-refractivity contribution in [2.75, 3.05) is 13.2 Å². The second kappa shape index (κ2) is 53.2. The molecule has 370 valence electrons. The molecule has 1 unspecified atom stereocenters. The van der Waals surface area contributed by atoms with Crippen LogP contribution in [0.1, 0.15) is 207 Å². The molecule has 0 bridgehead atoms. The normalized spacial score (nSPS) is 13.2. The van der Waals surface area contributed by atoms with Crippen molar-refractivity contribution in [3.8, 4) is 0 Å². The summed E-state index contributed by atoms with van der Waals surface area (Å²) in [5, 5.41) is 0. The van der Waals surface area contributed by atoms with Gasteiger partial charge in [-0.3, -0.25) is 14.4 Å². The molecule has 0 heterocycles. The number of carbonyl (C=O) groups is 3. The number of allylic oxidation sites excluding steroid dienone is 22. The van der Waals surface area contributed by atoms with Crippen molar-refractivity contribution < 1.29 is 28.6 Å². The van der Waals surface area contributed by atoms with Crippen LogP contribution >= 0.6 is 0 Å². The van der Waals surface area contributed by atoms with E-state index in [0.29, 0.717) is 19.3 Å². The maximum Gasteiger partial charge on any atom is 0.306 e. The van der Waals surface area contributed by atoms with E-state index in [1.807, 2.05) is 12.2 Å². The zero-order valence-corrected chi connectivity index (χ0v) is 42.1. The summed E-state index contributed by atoms with van der Waals surface area (Å²) in [6.07, 6.45) is 74.5. The summed E-state index contributed by atoms with van der Waals surface area (Å²) in [4.78, 5) is 38.0. The number of rotatable bonds is 45. The molecule has 66 heavy (non-hydrogen) atoms. The first kappa shape index (κ1) is 61.5. The molecule has 0 amide bonds. The zero-order chi connectivity index (χ0) is 47.9. The second-order valence-corrected chi connectivity index (χ2v) is 16.7. The maximum absolute atomic E-state index is 12.8. The third-order valence-corrected chi connectivity index (χ3v) is 10.4. The molecule has 0 aromatic heterocycles. The monoisotopic (exact) mass is 911 g/mol. The highest BCUT2D eigenvalue weighted by Crippen LogP contribution is 2.11. The van der Waals surface area contributed by atoms with E-state index in [-0.39, 0.29) is 38.0 Å². The molecular formula is C60H94O6. The van der Waals surface area contributed by atoms with Crippen LogP contribution in [0.3, 0.4) is 0 Å². The lowest BCUT2D eigenvalue weighted by molar-refractivity contribution is -0.166. The van der Waals surface area contributed by atoms with Gasteiger partial charge in [0.05, 0.1) is 0 Å². The van der Waals surface area contributed by atoms with E-state index < -0.39 is 12.1 Å². The van der Waals surface area contributed by atoms with Crippen LogP contribution in [0, 0.1) is 0 Å². The van der Waals surface area contributed by atoms with Gasteiger partial charge in [-0.25, -0.2) is 0 Å². The van der Waals surface area contributed by atoms with Gasteiger partial charge in [0.15, 0.2) is 6.10 Å². The van der Waals surface area contributed by atoms with Gasteiger partial charge < -0.3 is 14.2 Å². The summed E-state index contributed by atoms with van der Waals surface area (Å²) in [6, 6.07) is 0. The summed E-state index contributed by atoms with van der Waals surface area (Å²) in [7, 11) is 0. The quantitative estimate of drug-likeness (QED) is 0.0199. The van der Waals surface area contributed by atoms with E-state index in [0.717, 1.165) is 96.3 Å². The molecule has 1 atom stereocenters. The van der Waals surface area contributed by atoms with Crippen LogP contribution in [0.15, 0.2) is 134 Å². The summed E-state index contributed by atoms with van der Waals surface area (Å²) in [6.45, 7) is 6.32. The van der Waals surface area contributed by atoms with Crippen LogP contribution in [0.2, 0.25) is 0 Å². The highest BCUT2D eigenvalue weighted by Gasteiger charge is 2.19. The number of esters is 3. The Bertz CT molecular complexity index is 1460. The van der Waals surface area contributed by atoms with Crippen LogP contribution in [0.5, 0.6) is 0 Å². The molecule has 0 saturated heterocycles. The molecular weight excluding hydrogens is 817 g/mol. The Morgan fingerprint density at radius 2 is 0.682 bits per heavy atom. The van der Waals surface area contributed by atoms with Gasteiger partial charge in [-0.1, -0.05) is 206 Å². The van der Waals surface area contributed by atoms with Crippen molar-refractivity contribution in [2.45, 2.75) is 213 Å². The van der Waals surface area contributed by atoms with E-state index >= 15 is 0 Å². The SMILES string of the molecule is CC/C=C\C/C=C\C/C=C\C/C=C\C/C=C\CCC(=O)OC(COC(=O)CCC/C=C\C/C=C\C/C=C\C/C=C\CCCCC)COC(=O)CCCCCCCC/C=C\C=C/CCCCC. The number of hydrogen-bond acceptors (Lipinski definition) is 6. The number of ether oxygens (including phenoxy) is 3. The Morgan fingerprint density at radius 1 is 0.333 bits per heavy atom. The Kier molecular flexibility index (Phi) is 49.6. The van der Waals surface area contributed by atoms with Gasteiger partial charge >= 0.3 is 17.9 Å². The molecule has 0 radical (unpaired) electrons. The molecule has 0 fully saturated rings. The third kappa shape index (κ3) is 50.5. The van der Waals surface area contributed by atoms with Crippen LogP contribution in [-0.4, -0.2) is 37.2 Å². The predicted octanol–water partition coefficient (Wildman–Crippen LogP) is 17.5. The Labute approximate surface area is 405 Å². The highest BCUT2D eigenvalue weighted by molar-refractivity contribution is 5.71. The Hall–Kier alpha value is -4.45. The first-order valence-electron chi connectivity index (χ1n) is 26.2. The molecule has 0 aromatic carbocycles. The number of hydrogen-bond donors (Lipinski definition) is 0. The highest BCUT2D eigenvalue weighted by atomic mass is 16.6. The van der Waals surface area contributed by atoms with E-state index in [9.17, 15) is 14.4 Å². The minimum atomic E-state index is -0.849. The van der Waals surface area contributed by atoms with E-state index in [2.05, 4.69) is 142 Å². The van der Waals surface area contributed by atoms with Crippen LogP contribution in [0.4, 0.5) is 0 Å². The van der Waals surface area contributed by atoms with Gasteiger partial charge in [-0.15, -0.1) is 0 Å². The largest absolute Gasteiger partial charge is 0.462 e. The lowest BCUT2D eigenvalue weighted by atomic mass is 10.1. The molecule has 0 rings (SSSR count). The molecule has 0 aliphatic rings. The van der Waals surface area contributed by atoms with E-state index in [1.54, 1.807) is 0 Å². The summed E-state index contributed by atoms with van der Waals surface area (Å²) < 4.78 is 16.7. The van der Waals surface area contributed by atoms with Gasteiger partial charge in [-0.05, 0) is 116 Å². The van der Waals surface area contributed by atoms with Gasteiger partial charge in [0.2, 0.25) is 0 Å². The molecule has 0 aliphatic heterocycles. The number of unbranched alkanes of at least 4 members (excludes halogenated alkanes) is 13. The first-order valence-corrected chi connectivity index (χ1v) is 26.2. The average Bonchev–Trinajstić information content (AvgIpc) is 3.31. The topological polar surface area (TPSA) is 78.9 Å². The lowest BCUT2D eigenvalue weighted by Crippen LogP contribution is -2.30. The van der Waals surface area contributed by atoms with E-state index in [4.69, 9.17) is 14.2 Å². The maximum atomic E-state index is 12.8. The van der Waals surface area contributed by atoms with Crippen LogP contribution in [-0.2, 0) is 28.6 Å². The Balaban J connectivity index is 4.63. The van der Waals surface area contributed by atoms with Crippen LogP contribution in [0.25, 0.3) is 0 Å². The lowest BCUT2D eigenvalue weighted by Gasteiger charge is -2.18. The van der Waals surface area contributed by atoms with Crippen LogP contribution < -0.4 is 0 Å². The molecule has 6 heteroatoms. The van der Waals surface area contributed by atoms with E-state index in [1.165, 1.54) is 57.8 Å². The van der Waals surface area contributed by atoms with Crippen molar-refractivity contribution in [1.82, 2.24) is 0 Å². The third-order valence-electron chi connectivity index (χ3n) is 10.4. The van der Waals surface area contributed by atoms with Crippen molar-refractivity contribution in [2.24, 2.45) is 0 Å². The van der Waals surface area contributed by atoms with Crippen molar-refractivity contribution in [3.63, 3.8) is 0 Å². The smallest absolute Gasteiger partial charge is 0.306 e. The van der Waals surface area contributed by atoms with Crippen molar-refractivity contribution in [3.05, 3.63) is 134 Å². The van der Waals surface area contributed by atoms with Gasteiger partial charge in [0, 0.05) is 19.3 Å². The van der Waals surface area contributed by atoms with Gasteiger partial charge in [0.1, 0.15) is 13.2 Å². The minimum absolute atomic E-state index is 0.136. The first-order chi connectivity index (χ1) is 32.5. The summed E-state index contributed by atoms with van der Waals surface area (Å²) >= 11 is 0. The predicted molar refractivity (Wildman–Crippen MR) is 283 cm³/mol. The Morgan fingerprint density at radius 3 is 1.14 bits per heavy atom. The fraction of sp³-hybridized carbons (Fsp3) is 0.583. The zero-order valence-electron chi connectivity index (χ0n) is 42.1. The summed E-state index contributed by atoms with van der Waals surface area (Å²) in [5.41, 5.74) is 0. The molecule has 0 saturated carbocycles. The standard InChI is InChI=1S/C60H94O6/c1-4-7-10-13-16-19-22-25-28-30-33-35-38-41-44-47-50-53-59(62)65-56-57(55-64-58(61)52-49-46-43-40-37-34-31-27-24-21-18-15-12-9-6-3)66-60(63)54-51-48-45-42-39-36-32-29-26-23-20-17-14-11-8-5-2/h8,11,16-21,24-29,33,35-36,39,41,44-45,48,57H,4-7,9-10,12-15,22-23,30-32,34,37-38,40,42-43,46-47,49-56H2,1-3H3/b11-8-,19-16-,20-17-,21-18-,27-24-,28-25-,29-26-,35-33-,39-36-,44-41-,48-45-. The molecule has 0 aromatic rings. The van der Waals surface area contributed by atoms with Crippen molar-refractivity contribution >= 4 is 17.9 Å². The van der Waals surface area contributed by atoms with Crippen molar-refractivity contribution in [1.29, 1.82) is 0 Å². The molecule has 6 nitrogen and oxygen atoms in total. The van der Waals surface area contributed by atoms with Gasteiger partial charge in [-0.2, -0.15) is 0 Å². The molecule has 0 aliphatic carbocycles. The fourth-order valence-corrected chi connectivity index (χ4v) is 6.47. The number of carbonyl (C=O) groups excluding carboxylic acids is 3. The summed E-state index contributed by atoms with van der Waals surface area (Å²) in [5.74, 6) is -1.10. The fourth-order valence-electron chi connectivity index (χ4n) is 6.47. The second-order valence-electron chi connectivity index (χ2n) is 16.7. The van der Waals surface area contributed by atoms with Gasteiger partial charge in [0.25, 0.3) is 0 Å². The average molecular weight is 911 g/mol. The minimum Gasteiger partial charge on any atom is -0.462 e. The molecule has 0 spiro atoms. The molecule has 0 N–H and O–H groups in total.